The van der Waals surface area contributed by atoms with Gasteiger partial charge in [0.05, 0.1) is 6.04 Å². The van der Waals surface area contributed by atoms with Gasteiger partial charge in [0.2, 0.25) is 5.88 Å². The highest BCUT2D eigenvalue weighted by Gasteiger charge is 2.25. The maximum absolute atomic E-state index is 13.0. The van der Waals surface area contributed by atoms with E-state index in [9.17, 15) is 10.1 Å². The number of nitrogens with zero attached hydrogens (tertiary/aromatic N) is 2. The Morgan fingerprint density at radius 1 is 1.11 bits per heavy atom. The van der Waals surface area contributed by atoms with Crippen molar-refractivity contribution < 1.29 is 9.21 Å². The number of aryl methyl sites for hydroxylation is 1. The third kappa shape index (κ3) is 2.95. The number of benzene rings is 2. The SMILES string of the molecule is Cc1oc(-n2cccc2)c(C#N)c1C(=O)N[C@@H](C)c1cccc2ccccc12. The number of hydrogen-bond acceptors (Lipinski definition) is 3. The van der Waals surface area contributed by atoms with Crippen molar-refractivity contribution in [2.75, 3.05) is 0 Å². The van der Waals surface area contributed by atoms with Gasteiger partial charge in [-0.2, -0.15) is 5.26 Å². The lowest BCUT2D eigenvalue weighted by Gasteiger charge is -2.16. The van der Waals surface area contributed by atoms with Gasteiger partial charge in [0.1, 0.15) is 23.0 Å². The summed E-state index contributed by atoms with van der Waals surface area (Å²) in [6.07, 6.45) is 3.55. The van der Waals surface area contributed by atoms with Crippen LogP contribution in [0.5, 0.6) is 0 Å². The number of amides is 1. The zero-order valence-electron chi connectivity index (χ0n) is 15.6. The first-order valence-corrected chi connectivity index (χ1v) is 9.05. The lowest BCUT2D eigenvalue weighted by Crippen LogP contribution is -2.27. The molecule has 0 aliphatic carbocycles. The van der Waals surface area contributed by atoms with Gasteiger partial charge < -0.3 is 9.73 Å². The predicted octanol–water partition coefficient (Wildman–Crippen LogP) is 4.89. The molecule has 1 amide bonds. The summed E-state index contributed by atoms with van der Waals surface area (Å²) in [7, 11) is 0. The van der Waals surface area contributed by atoms with Crippen LogP contribution in [0.25, 0.3) is 16.7 Å². The van der Waals surface area contributed by atoms with Crippen LogP contribution >= 0.6 is 0 Å². The summed E-state index contributed by atoms with van der Waals surface area (Å²) in [6.45, 7) is 3.64. The van der Waals surface area contributed by atoms with Gasteiger partial charge in [-0.1, -0.05) is 42.5 Å². The quantitative estimate of drug-likeness (QED) is 0.556. The van der Waals surface area contributed by atoms with E-state index in [1.54, 1.807) is 23.9 Å². The van der Waals surface area contributed by atoms with Crippen LogP contribution in [-0.2, 0) is 0 Å². The molecule has 1 N–H and O–H groups in total. The Hall–Kier alpha value is -3.78. The van der Waals surface area contributed by atoms with E-state index in [1.807, 2.05) is 61.5 Å². The van der Waals surface area contributed by atoms with Gasteiger partial charge in [-0.05, 0) is 42.3 Å². The number of carbonyl (C=O) groups excluding carboxylic acids is 1. The van der Waals surface area contributed by atoms with E-state index in [-0.39, 0.29) is 23.1 Å². The Balaban J connectivity index is 1.68. The van der Waals surface area contributed by atoms with Crippen molar-refractivity contribution >= 4 is 16.7 Å². The molecule has 1 atom stereocenters. The summed E-state index contributed by atoms with van der Waals surface area (Å²) >= 11 is 0. The molecule has 0 radical (unpaired) electrons. The van der Waals surface area contributed by atoms with E-state index in [1.165, 1.54) is 0 Å². The van der Waals surface area contributed by atoms with E-state index in [0.717, 1.165) is 16.3 Å². The maximum Gasteiger partial charge on any atom is 0.256 e. The summed E-state index contributed by atoms with van der Waals surface area (Å²) < 4.78 is 7.43. The first-order chi connectivity index (χ1) is 13.6. The van der Waals surface area contributed by atoms with Crippen LogP contribution < -0.4 is 5.32 Å². The van der Waals surface area contributed by atoms with Crippen LogP contribution in [-0.4, -0.2) is 10.5 Å². The van der Waals surface area contributed by atoms with Gasteiger partial charge in [-0.3, -0.25) is 9.36 Å². The van der Waals surface area contributed by atoms with Crippen LogP contribution in [0.3, 0.4) is 0 Å². The molecular formula is C23H19N3O2. The minimum Gasteiger partial charge on any atom is -0.443 e. The smallest absolute Gasteiger partial charge is 0.256 e. The minimum absolute atomic E-state index is 0.227. The first kappa shape index (κ1) is 17.6. The third-order valence-electron chi connectivity index (χ3n) is 4.88. The number of fused-ring (bicyclic) bond motifs is 1. The molecule has 0 saturated heterocycles. The van der Waals surface area contributed by atoms with Crippen LogP contribution in [0, 0.1) is 18.3 Å². The fourth-order valence-electron chi connectivity index (χ4n) is 3.53. The van der Waals surface area contributed by atoms with Crippen molar-refractivity contribution in [2.45, 2.75) is 19.9 Å². The fraction of sp³-hybridized carbons (Fsp3) is 0.130. The lowest BCUT2D eigenvalue weighted by atomic mass is 9.99. The largest absolute Gasteiger partial charge is 0.443 e. The molecule has 2 aromatic carbocycles. The Morgan fingerprint density at radius 3 is 2.57 bits per heavy atom. The average Bonchev–Trinajstić information content (AvgIpc) is 3.34. The van der Waals surface area contributed by atoms with Crippen molar-refractivity contribution in [3.05, 3.63) is 89.4 Å². The maximum atomic E-state index is 13.0. The average molecular weight is 369 g/mol. The van der Waals surface area contributed by atoms with Crippen molar-refractivity contribution in [3.8, 4) is 12.0 Å². The Kier molecular flexibility index (Phi) is 4.46. The lowest BCUT2D eigenvalue weighted by molar-refractivity contribution is 0.0938. The van der Waals surface area contributed by atoms with Gasteiger partial charge in [0.15, 0.2) is 0 Å². The number of furan rings is 1. The van der Waals surface area contributed by atoms with Crippen molar-refractivity contribution in [1.82, 2.24) is 9.88 Å². The van der Waals surface area contributed by atoms with Crippen LogP contribution in [0.2, 0.25) is 0 Å². The van der Waals surface area contributed by atoms with Gasteiger partial charge in [-0.25, -0.2) is 0 Å². The third-order valence-corrected chi connectivity index (χ3v) is 4.88. The molecule has 28 heavy (non-hydrogen) atoms. The number of hydrogen-bond donors (Lipinski definition) is 1. The highest BCUT2D eigenvalue weighted by atomic mass is 16.4. The van der Waals surface area contributed by atoms with E-state index < -0.39 is 0 Å². The summed E-state index contributed by atoms with van der Waals surface area (Å²) in [6, 6.07) is 19.7. The Labute approximate surface area is 162 Å². The standard InChI is InChI=1S/C23H19N3O2/c1-15(18-11-7-9-17-8-3-4-10-19(17)18)25-22(27)21-16(2)28-23(20(21)14-24)26-12-5-6-13-26/h3-13,15H,1-2H3,(H,25,27)/t15-/m0/s1. The molecule has 2 heterocycles. The number of nitrogens with one attached hydrogen (secondary N) is 1. The van der Waals surface area contributed by atoms with Crippen LogP contribution in [0.1, 0.15) is 40.2 Å². The van der Waals surface area contributed by atoms with Crippen molar-refractivity contribution in [3.63, 3.8) is 0 Å². The highest BCUT2D eigenvalue weighted by molar-refractivity contribution is 5.99. The molecule has 0 unspecified atom stereocenters. The molecule has 0 aliphatic rings. The summed E-state index contributed by atoms with van der Waals surface area (Å²) in [5.41, 5.74) is 1.53. The minimum atomic E-state index is -0.323. The van der Waals surface area contributed by atoms with Gasteiger partial charge in [-0.15, -0.1) is 0 Å². The Bertz CT molecular complexity index is 1190. The van der Waals surface area contributed by atoms with Crippen LogP contribution in [0.4, 0.5) is 0 Å². The first-order valence-electron chi connectivity index (χ1n) is 9.05. The number of rotatable bonds is 4. The molecule has 4 aromatic rings. The fourth-order valence-corrected chi connectivity index (χ4v) is 3.53. The summed E-state index contributed by atoms with van der Waals surface area (Å²) in [5.74, 6) is 0.451. The zero-order chi connectivity index (χ0) is 19.7. The van der Waals surface area contributed by atoms with E-state index >= 15 is 0 Å². The highest BCUT2D eigenvalue weighted by Crippen LogP contribution is 2.28. The second kappa shape index (κ2) is 7.09. The normalized spacial score (nSPS) is 11.9. The summed E-state index contributed by atoms with van der Waals surface area (Å²) in [4.78, 5) is 13.0. The van der Waals surface area contributed by atoms with E-state index in [0.29, 0.717) is 11.6 Å². The molecular weight excluding hydrogens is 350 g/mol. The van der Waals surface area contributed by atoms with Gasteiger partial charge >= 0.3 is 0 Å². The van der Waals surface area contributed by atoms with Gasteiger partial charge in [0.25, 0.3) is 5.91 Å². The number of carbonyl (C=O) groups is 1. The molecule has 5 heteroatoms. The number of nitriles is 1. The van der Waals surface area contributed by atoms with Crippen molar-refractivity contribution in [1.29, 1.82) is 5.26 Å². The summed E-state index contributed by atoms with van der Waals surface area (Å²) in [5, 5.41) is 14.9. The second-order valence-electron chi connectivity index (χ2n) is 6.68. The molecule has 0 aliphatic heterocycles. The van der Waals surface area contributed by atoms with Crippen LogP contribution in [0.15, 0.2) is 71.4 Å². The van der Waals surface area contributed by atoms with E-state index in [2.05, 4.69) is 11.4 Å². The topological polar surface area (TPSA) is 71.0 Å². The number of aromatic nitrogens is 1. The molecule has 0 bridgehead atoms. The predicted molar refractivity (Wildman–Crippen MR) is 107 cm³/mol. The molecule has 4 rings (SSSR count). The molecule has 0 spiro atoms. The zero-order valence-corrected chi connectivity index (χ0v) is 15.6. The van der Waals surface area contributed by atoms with E-state index in [4.69, 9.17) is 4.42 Å². The molecule has 0 saturated carbocycles. The second-order valence-corrected chi connectivity index (χ2v) is 6.68. The molecule has 2 aromatic heterocycles. The molecule has 5 nitrogen and oxygen atoms in total. The Morgan fingerprint density at radius 2 is 1.82 bits per heavy atom. The molecule has 138 valence electrons. The van der Waals surface area contributed by atoms with Gasteiger partial charge in [0, 0.05) is 12.4 Å². The van der Waals surface area contributed by atoms with Crippen molar-refractivity contribution in [2.24, 2.45) is 0 Å². The monoisotopic (exact) mass is 369 g/mol. The molecule has 0 fully saturated rings.